The molecule has 2 aromatic carbocycles. The number of likely N-dealkylation sites (tertiary alicyclic amines) is 1. The van der Waals surface area contributed by atoms with E-state index in [2.05, 4.69) is 17.0 Å². The molecule has 6 nitrogen and oxygen atoms in total. The van der Waals surface area contributed by atoms with Gasteiger partial charge in [-0.15, -0.1) is 0 Å². The Kier molecular flexibility index (Phi) is 5.44. The SMILES string of the molecule is C=CC(=O)N1CCCC(Nc2c3cc(-c4c(O)cccc4F)ccc3nn2CC)C1. The number of carbonyl (C=O) groups excluding carboxylic acids is 1. The zero-order chi connectivity index (χ0) is 21.3. The van der Waals surface area contributed by atoms with Gasteiger partial charge in [0.2, 0.25) is 5.91 Å². The van der Waals surface area contributed by atoms with Gasteiger partial charge >= 0.3 is 0 Å². The first kappa shape index (κ1) is 19.9. The summed E-state index contributed by atoms with van der Waals surface area (Å²) >= 11 is 0. The number of nitrogens with one attached hydrogen (secondary N) is 1. The minimum Gasteiger partial charge on any atom is -0.507 e. The van der Waals surface area contributed by atoms with E-state index in [1.54, 1.807) is 11.0 Å². The van der Waals surface area contributed by atoms with Crippen LogP contribution in [-0.4, -0.2) is 44.8 Å². The van der Waals surface area contributed by atoms with Gasteiger partial charge < -0.3 is 15.3 Å². The lowest BCUT2D eigenvalue weighted by molar-refractivity contribution is -0.127. The van der Waals surface area contributed by atoms with Gasteiger partial charge in [0.15, 0.2) is 0 Å². The highest BCUT2D eigenvalue weighted by Gasteiger charge is 2.24. The first-order chi connectivity index (χ1) is 14.5. The minimum atomic E-state index is -0.474. The molecule has 0 spiro atoms. The summed E-state index contributed by atoms with van der Waals surface area (Å²) in [6.45, 7) is 7.58. The van der Waals surface area contributed by atoms with E-state index >= 15 is 0 Å². The number of rotatable bonds is 5. The number of amides is 1. The van der Waals surface area contributed by atoms with Crippen LogP contribution in [0.25, 0.3) is 22.0 Å². The van der Waals surface area contributed by atoms with E-state index in [4.69, 9.17) is 0 Å². The number of phenols is 1. The predicted molar refractivity (Wildman–Crippen MR) is 116 cm³/mol. The van der Waals surface area contributed by atoms with Crippen LogP contribution in [0.2, 0.25) is 0 Å². The third-order valence-electron chi connectivity index (χ3n) is 5.57. The summed E-state index contributed by atoms with van der Waals surface area (Å²) in [5.74, 6) is 0.200. The number of fused-ring (bicyclic) bond motifs is 1. The summed E-state index contributed by atoms with van der Waals surface area (Å²) < 4.78 is 16.3. The fourth-order valence-electron chi connectivity index (χ4n) is 4.08. The van der Waals surface area contributed by atoms with E-state index in [0.717, 1.165) is 36.1 Å². The molecule has 1 unspecified atom stereocenters. The van der Waals surface area contributed by atoms with Gasteiger partial charge in [0.05, 0.1) is 11.1 Å². The van der Waals surface area contributed by atoms with Gasteiger partial charge in [-0.05, 0) is 55.7 Å². The van der Waals surface area contributed by atoms with Crippen molar-refractivity contribution in [3.63, 3.8) is 0 Å². The quantitative estimate of drug-likeness (QED) is 0.622. The molecule has 1 aliphatic rings. The first-order valence-electron chi connectivity index (χ1n) is 10.2. The van der Waals surface area contributed by atoms with Crippen LogP contribution in [0.3, 0.4) is 0 Å². The van der Waals surface area contributed by atoms with Crippen molar-refractivity contribution in [1.29, 1.82) is 0 Å². The Balaban J connectivity index is 1.72. The van der Waals surface area contributed by atoms with Crippen molar-refractivity contribution < 1.29 is 14.3 Å². The van der Waals surface area contributed by atoms with Crippen molar-refractivity contribution in [1.82, 2.24) is 14.7 Å². The average molecular weight is 408 g/mol. The number of hydrogen-bond donors (Lipinski definition) is 2. The lowest BCUT2D eigenvalue weighted by Gasteiger charge is -2.33. The van der Waals surface area contributed by atoms with Gasteiger partial charge in [0, 0.05) is 31.1 Å². The summed E-state index contributed by atoms with van der Waals surface area (Å²) in [4.78, 5) is 13.8. The Morgan fingerprint density at radius 1 is 1.40 bits per heavy atom. The second kappa shape index (κ2) is 8.18. The van der Waals surface area contributed by atoms with E-state index in [-0.39, 0.29) is 23.3 Å². The molecule has 7 heteroatoms. The first-order valence-corrected chi connectivity index (χ1v) is 10.2. The van der Waals surface area contributed by atoms with Crippen molar-refractivity contribution in [3.8, 4) is 16.9 Å². The molecule has 156 valence electrons. The van der Waals surface area contributed by atoms with E-state index in [0.29, 0.717) is 18.7 Å². The summed E-state index contributed by atoms with van der Waals surface area (Å²) in [6, 6.07) is 9.83. The van der Waals surface area contributed by atoms with Gasteiger partial charge in [-0.2, -0.15) is 5.10 Å². The maximum Gasteiger partial charge on any atom is 0.246 e. The summed E-state index contributed by atoms with van der Waals surface area (Å²) in [7, 11) is 0. The second-order valence-electron chi connectivity index (χ2n) is 7.50. The van der Waals surface area contributed by atoms with Gasteiger partial charge in [-0.1, -0.05) is 18.7 Å². The molecule has 1 amide bonds. The number of halogens is 1. The Labute approximate surface area is 174 Å². The molecule has 1 saturated heterocycles. The fraction of sp³-hybridized carbons (Fsp3) is 0.304. The van der Waals surface area contributed by atoms with E-state index in [9.17, 15) is 14.3 Å². The number of carbonyl (C=O) groups is 1. The van der Waals surface area contributed by atoms with Crippen LogP contribution in [0.1, 0.15) is 19.8 Å². The number of aromatic nitrogens is 2. The fourth-order valence-corrected chi connectivity index (χ4v) is 4.08. The number of aromatic hydroxyl groups is 1. The molecule has 30 heavy (non-hydrogen) atoms. The molecule has 0 saturated carbocycles. The number of nitrogens with zero attached hydrogens (tertiary/aromatic N) is 3. The summed E-state index contributed by atoms with van der Waals surface area (Å²) in [5, 5.41) is 19.2. The molecule has 4 rings (SSSR count). The van der Waals surface area contributed by atoms with Crippen LogP contribution in [0.5, 0.6) is 5.75 Å². The van der Waals surface area contributed by atoms with E-state index in [1.807, 2.05) is 23.7 Å². The number of hydrogen-bond acceptors (Lipinski definition) is 4. The second-order valence-corrected chi connectivity index (χ2v) is 7.50. The standard InChI is InChI=1S/C23H25FN4O2/c1-3-21(30)27-12-6-7-16(14-27)25-23-17-13-15(10-11-19(17)26-28(23)4-2)22-18(24)8-5-9-20(22)29/h3,5,8-11,13,16,25,29H,1,4,6-7,12,14H2,2H3. The predicted octanol–water partition coefficient (Wildman–Crippen LogP) is 4.16. The maximum absolute atomic E-state index is 14.4. The Morgan fingerprint density at radius 3 is 2.97 bits per heavy atom. The third-order valence-corrected chi connectivity index (χ3v) is 5.57. The zero-order valence-corrected chi connectivity index (χ0v) is 16.9. The van der Waals surface area contributed by atoms with Crippen molar-refractivity contribution in [3.05, 3.63) is 54.9 Å². The van der Waals surface area contributed by atoms with Gasteiger partial charge in [-0.25, -0.2) is 9.07 Å². The van der Waals surface area contributed by atoms with Crippen LogP contribution >= 0.6 is 0 Å². The molecule has 0 radical (unpaired) electrons. The molecule has 1 atom stereocenters. The molecule has 3 aromatic rings. The summed E-state index contributed by atoms with van der Waals surface area (Å²) in [5.41, 5.74) is 1.55. The van der Waals surface area contributed by atoms with Gasteiger partial charge in [-0.3, -0.25) is 4.79 Å². The van der Waals surface area contributed by atoms with E-state index < -0.39 is 5.82 Å². The average Bonchev–Trinajstić information content (AvgIpc) is 3.10. The van der Waals surface area contributed by atoms with Crippen LogP contribution < -0.4 is 5.32 Å². The number of benzene rings is 2. The highest BCUT2D eigenvalue weighted by atomic mass is 19.1. The molecular weight excluding hydrogens is 383 g/mol. The Hall–Kier alpha value is -3.35. The van der Waals surface area contributed by atoms with E-state index in [1.165, 1.54) is 24.3 Å². The molecule has 2 N–H and O–H groups in total. The van der Waals surface area contributed by atoms with Gasteiger partial charge in [0.1, 0.15) is 17.4 Å². The highest BCUT2D eigenvalue weighted by molar-refractivity contribution is 5.94. The molecule has 0 aliphatic carbocycles. The number of piperidine rings is 1. The molecular formula is C23H25FN4O2. The number of anilines is 1. The van der Waals surface area contributed by atoms with Crippen molar-refractivity contribution in [2.75, 3.05) is 18.4 Å². The van der Waals surface area contributed by atoms with Gasteiger partial charge in [0.25, 0.3) is 0 Å². The maximum atomic E-state index is 14.4. The lowest BCUT2D eigenvalue weighted by Crippen LogP contribution is -2.44. The molecule has 1 aliphatic heterocycles. The molecule has 2 heterocycles. The minimum absolute atomic E-state index is 0.0623. The third kappa shape index (κ3) is 3.63. The molecule has 0 bridgehead atoms. The topological polar surface area (TPSA) is 70.4 Å². The van der Waals surface area contributed by atoms with Crippen molar-refractivity contribution in [2.45, 2.75) is 32.4 Å². The largest absolute Gasteiger partial charge is 0.507 e. The number of phenolic OH excluding ortho intramolecular Hbond substituents is 1. The highest BCUT2D eigenvalue weighted by Crippen LogP contribution is 2.35. The van der Waals surface area contributed by atoms with Crippen LogP contribution in [-0.2, 0) is 11.3 Å². The monoisotopic (exact) mass is 408 g/mol. The van der Waals surface area contributed by atoms with Crippen LogP contribution in [0, 0.1) is 5.82 Å². The van der Waals surface area contributed by atoms with Crippen LogP contribution in [0.15, 0.2) is 49.1 Å². The normalized spacial score (nSPS) is 16.6. The number of aryl methyl sites for hydroxylation is 1. The van der Waals surface area contributed by atoms with Crippen LogP contribution in [0.4, 0.5) is 10.2 Å². The Bertz CT molecular complexity index is 1090. The molecule has 1 aromatic heterocycles. The zero-order valence-electron chi connectivity index (χ0n) is 16.9. The smallest absolute Gasteiger partial charge is 0.246 e. The lowest BCUT2D eigenvalue weighted by atomic mass is 10.0. The van der Waals surface area contributed by atoms with Crippen molar-refractivity contribution in [2.24, 2.45) is 0 Å². The summed E-state index contributed by atoms with van der Waals surface area (Å²) in [6.07, 6.45) is 3.19. The van der Waals surface area contributed by atoms with Crippen molar-refractivity contribution >= 4 is 22.6 Å². The molecule has 1 fully saturated rings. The Morgan fingerprint density at radius 2 is 2.23 bits per heavy atom.